The molecule has 6 nitrogen and oxygen atoms in total. The molecule has 6 heteroatoms. The Kier molecular flexibility index (Phi) is 8.45. The van der Waals surface area contributed by atoms with Crippen LogP contribution in [-0.4, -0.2) is 44.0 Å². The van der Waals surface area contributed by atoms with Crippen molar-refractivity contribution >= 4 is 5.96 Å². The number of nitrogens with zero attached hydrogens (tertiary/aromatic N) is 1. The molecule has 0 aromatic heterocycles. The van der Waals surface area contributed by atoms with E-state index >= 15 is 0 Å². The number of hydrogen-bond donors (Lipinski definition) is 3. The van der Waals surface area contributed by atoms with Gasteiger partial charge in [0.05, 0.1) is 13.7 Å². The van der Waals surface area contributed by atoms with Crippen LogP contribution in [0, 0.1) is 6.92 Å². The Bertz CT molecular complexity index is 717. The van der Waals surface area contributed by atoms with E-state index in [9.17, 15) is 5.11 Å². The lowest BCUT2D eigenvalue weighted by Gasteiger charge is -2.16. The van der Waals surface area contributed by atoms with Crippen molar-refractivity contribution in [1.82, 2.24) is 10.6 Å². The molecule has 27 heavy (non-hydrogen) atoms. The molecule has 0 heterocycles. The fourth-order valence-corrected chi connectivity index (χ4v) is 2.41. The van der Waals surface area contributed by atoms with Gasteiger partial charge >= 0.3 is 0 Å². The SMILES string of the molecule is CCNC(=NCc1ccc(OC)cc1)NCC(O)COc1cccc(C)c1. The summed E-state index contributed by atoms with van der Waals surface area (Å²) in [5.74, 6) is 2.24. The highest BCUT2D eigenvalue weighted by molar-refractivity contribution is 5.79. The molecule has 2 aromatic rings. The number of nitrogens with one attached hydrogen (secondary N) is 2. The number of benzene rings is 2. The minimum Gasteiger partial charge on any atom is -0.497 e. The molecule has 0 spiro atoms. The van der Waals surface area contributed by atoms with Gasteiger partial charge in [0.2, 0.25) is 0 Å². The summed E-state index contributed by atoms with van der Waals surface area (Å²) in [4.78, 5) is 4.54. The number of aliphatic hydroxyl groups is 1. The molecule has 0 amide bonds. The molecule has 0 saturated carbocycles. The first-order chi connectivity index (χ1) is 13.1. The van der Waals surface area contributed by atoms with Crippen molar-refractivity contribution in [3.05, 3.63) is 59.7 Å². The Labute approximate surface area is 161 Å². The highest BCUT2D eigenvalue weighted by atomic mass is 16.5. The van der Waals surface area contributed by atoms with Crippen molar-refractivity contribution in [2.24, 2.45) is 4.99 Å². The zero-order valence-corrected chi connectivity index (χ0v) is 16.2. The van der Waals surface area contributed by atoms with Gasteiger partial charge in [-0.25, -0.2) is 4.99 Å². The van der Waals surface area contributed by atoms with Gasteiger partial charge in [-0.1, -0.05) is 24.3 Å². The number of aliphatic imine (C=N–C) groups is 1. The fourth-order valence-electron chi connectivity index (χ4n) is 2.41. The summed E-state index contributed by atoms with van der Waals surface area (Å²) in [7, 11) is 1.65. The number of ether oxygens (including phenoxy) is 2. The van der Waals surface area contributed by atoms with Gasteiger partial charge in [0.25, 0.3) is 0 Å². The van der Waals surface area contributed by atoms with Gasteiger partial charge in [-0.15, -0.1) is 0 Å². The van der Waals surface area contributed by atoms with E-state index in [1.54, 1.807) is 7.11 Å². The average molecular weight is 371 g/mol. The summed E-state index contributed by atoms with van der Waals surface area (Å²) in [5.41, 5.74) is 2.21. The third-order valence-electron chi connectivity index (χ3n) is 3.86. The molecule has 1 atom stereocenters. The maximum absolute atomic E-state index is 10.2. The van der Waals surface area contributed by atoms with Gasteiger partial charge in [0.1, 0.15) is 24.2 Å². The van der Waals surface area contributed by atoms with E-state index in [2.05, 4.69) is 15.6 Å². The van der Waals surface area contributed by atoms with Crippen LogP contribution < -0.4 is 20.1 Å². The van der Waals surface area contributed by atoms with Crippen LogP contribution in [0.3, 0.4) is 0 Å². The van der Waals surface area contributed by atoms with E-state index in [1.165, 1.54) is 0 Å². The lowest BCUT2D eigenvalue weighted by Crippen LogP contribution is -2.42. The van der Waals surface area contributed by atoms with Crippen LogP contribution in [0.5, 0.6) is 11.5 Å². The summed E-state index contributed by atoms with van der Waals surface area (Å²) in [6.45, 7) is 5.85. The van der Waals surface area contributed by atoms with E-state index in [1.807, 2.05) is 62.4 Å². The molecule has 0 bridgehead atoms. The van der Waals surface area contributed by atoms with Crippen LogP contribution in [0.2, 0.25) is 0 Å². The number of guanidine groups is 1. The summed E-state index contributed by atoms with van der Waals surface area (Å²) in [6, 6.07) is 15.6. The van der Waals surface area contributed by atoms with E-state index in [0.717, 1.165) is 29.2 Å². The molecule has 0 fully saturated rings. The average Bonchev–Trinajstić information content (AvgIpc) is 2.69. The van der Waals surface area contributed by atoms with E-state index < -0.39 is 6.10 Å². The van der Waals surface area contributed by atoms with Crippen molar-refractivity contribution in [2.45, 2.75) is 26.5 Å². The van der Waals surface area contributed by atoms with Gasteiger partial charge in [0, 0.05) is 13.1 Å². The predicted molar refractivity (Wildman–Crippen MR) is 108 cm³/mol. The Morgan fingerprint density at radius 1 is 1.11 bits per heavy atom. The number of aryl methyl sites for hydroxylation is 1. The Balaban J connectivity index is 1.81. The van der Waals surface area contributed by atoms with Crippen LogP contribution in [-0.2, 0) is 6.54 Å². The zero-order chi connectivity index (χ0) is 19.5. The summed E-state index contributed by atoms with van der Waals surface area (Å²) >= 11 is 0. The number of aliphatic hydroxyl groups excluding tert-OH is 1. The van der Waals surface area contributed by atoms with E-state index in [4.69, 9.17) is 9.47 Å². The van der Waals surface area contributed by atoms with Crippen LogP contribution in [0.4, 0.5) is 0 Å². The van der Waals surface area contributed by atoms with Gasteiger partial charge in [0.15, 0.2) is 5.96 Å². The summed E-state index contributed by atoms with van der Waals surface area (Å²) in [5, 5.41) is 16.5. The van der Waals surface area contributed by atoms with E-state index in [0.29, 0.717) is 19.0 Å². The van der Waals surface area contributed by atoms with Crippen molar-refractivity contribution < 1.29 is 14.6 Å². The van der Waals surface area contributed by atoms with E-state index in [-0.39, 0.29) is 6.61 Å². The van der Waals surface area contributed by atoms with Gasteiger partial charge in [-0.2, -0.15) is 0 Å². The lowest BCUT2D eigenvalue weighted by atomic mass is 10.2. The molecule has 0 aliphatic carbocycles. The second kappa shape index (κ2) is 11.1. The molecule has 0 aliphatic rings. The smallest absolute Gasteiger partial charge is 0.191 e. The topological polar surface area (TPSA) is 75.1 Å². The third-order valence-corrected chi connectivity index (χ3v) is 3.86. The third kappa shape index (κ3) is 7.58. The normalized spacial score (nSPS) is 12.4. The largest absolute Gasteiger partial charge is 0.497 e. The zero-order valence-electron chi connectivity index (χ0n) is 16.2. The highest BCUT2D eigenvalue weighted by Crippen LogP contribution is 2.13. The van der Waals surface area contributed by atoms with Crippen LogP contribution in [0.1, 0.15) is 18.1 Å². The van der Waals surface area contributed by atoms with Crippen molar-refractivity contribution in [2.75, 3.05) is 26.8 Å². The molecular formula is C21H29N3O3. The standard InChI is InChI=1S/C21H29N3O3/c1-4-22-21(23-13-17-8-10-19(26-3)11-9-17)24-14-18(25)15-27-20-7-5-6-16(2)12-20/h5-12,18,25H,4,13-15H2,1-3H3,(H2,22,23,24). The van der Waals surface area contributed by atoms with Gasteiger partial charge < -0.3 is 25.2 Å². The predicted octanol–water partition coefficient (Wildman–Crippen LogP) is 2.50. The first kappa shape index (κ1) is 20.6. The van der Waals surface area contributed by atoms with Crippen LogP contribution in [0.25, 0.3) is 0 Å². The fraction of sp³-hybridized carbons (Fsp3) is 0.381. The minimum atomic E-state index is -0.643. The Morgan fingerprint density at radius 2 is 1.89 bits per heavy atom. The van der Waals surface area contributed by atoms with Crippen molar-refractivity contribution in [1.29, 1.82) is 0 Å². The number of rotatable bonds is 9. The molecule has 0 saturated heterocycles. The molecule has 3 N–H and O–H groups in total. The summed E-state index contributed by atoms with van der Waals surface area (Å²) < 4.78 is 10.8. The van der Waals surface area contributed by atoms with Crippen molar-refractivity contribution in [3.63, 3.8) is 0 Å². The molecule has 146 valence electrons. The first-order valence-electron chi connectivity index (χ1n) is 9.13. The van der Waals surface area contributed by atoms with Crippen LogP contribution in [0.15, 0.2) is 53.5 Å². The Hall–Kier alpha value is -2.73. The molecule has 2 aromatic carbocycles. The summed E-state index contributed by atoms with van der Waals surface area (Å²) in [6.07, 6.45) is -0.643. The molecule has 1 unspecified atom stereocenters. The number of methoxy groups -OCH3 is 1. The maximum Gasteiger partial charge on any atom is 0.191 e. The first-order valence-corrected chi connectivity index (χ1v) is 9.13. The van der Waals surface area contributed by atoms with Gasteiger partial charge in [-0.3, -0.25) is 0 Å². The monoisotopic (exact) mass is 371 g/mol. The minimum absolute atomic E-state index is 0.217. The van der Waals surface area contributed by atoms with Crippen LogP contribution >= 0.6 is 0 Å². The lowest BCUT2D eigenvalue weighted by molar-refractivity contribution is 0.110. The molecule has 0 aliphatic heterocycles. The highest BCUT2D eigenvalue weighted by Gasteiger charge is 2.07. The van der Waals surface area contributed by atoms with Gasteiger partial charge in [-0.05, 0) is 49.2 Å². The maximum atomic E-state index is 10.2. The second-order valence-corrected chi connectivity index (χ2v) is 6.21. The second-order valence-electron chi connectivity index (χ2n) is 6.21. The molecular weight excluding hydrogens is 342 g/mol. The molecule has 2 rings (SSSR count). The van der Waals surface area contributed by atoms with Crippen molar-refractivity contribution in [3.8, 4) is 11.5 Å². The quantitative estimate of drug-likeness (QED) is 0.466. The number of hydrogen-bond acceptors (Lipinski definition) is 4. The molecule has 0 radical (unpaired) electrons. The Morgan fingerprint density at radius 3 is 2.56 bits per heavy atom.